The van der Waals surface area contributed by atoms with Crippen LogP contribution in [0.4, 0.5) is 0 Å². The second kappa shape index (κ2) is 5.88. The molecule has 0 aliphatic rings. The number of hydrogen-bond donors (Lipinski definition) is 1. The van der Waals surface area contributed by atoms with Crippen LogP contribution in [0.5, 0.6) is 0 Å². The molecule has 0 saturated heterocycles. The normalized spacial score (nSPS) is 13.4. The number of furan rings is 1. The predicted octanol–water partition coefficient (Wildman–Crippen LogP) is 4.21. The Kier molecular flexibility index (Phi) is 4.39. The summed E-state index contributed by atoms with van der Waals surface area (Å²) in [4.78, 5) is 12.2. The summed E-state index contributed by atoms with van der Waals surface area (Å²) >= 11 is 6.25. The molecule has 1 heterocycles. The molecule has 0 aliphatic carbocycles. The molecule has 0 bridgehead atoms. The molecule has 1 unspecified atom stereocenters. The Morgan fingerprint density at radius 2 is 2.05 bits per heavy atom. The minimum absolute atomic E-state index is 0.0721. The molecular weight excluding hydrogens is 274 g/mol. The molecule has 0 saturated carbocycles. The summed E-state index contributed by atoms with van der Waals surface area (Å²) in [6.07, 6.45) is 2.34. The SMILES string of the molecule is CC(C)(C)CC(Cl)CNC(=O)c1coc2ccccc12. The van der Waals surface area contributed by atoms with Crippen LogP contribution < -0.4 is 5.32 Å². The maximum absolute atomic E-state index is 12.2. The maximum Gasteiger partial charge on any atom is 0.255 e. The van der Waals surface area contributed by atoms with Crippen molar-refractivity contribution in [2.45, 2.75) is 32.6 Å². The molecule has 0 spiro atoms. The van der Waals surface area contributed by atoms with Crippen LogP contribution in [-0.4, -0.2) is 17.8 Å². The van der Waals surface area contributed by atoms with Gasteiger partial charge in [0.2, 0.25) is 0 Å². The van der Waals surface area contributed by atoms with E-state index in [0.29, 0.717) is 12.1 Å². The van der Waals surface area contributed by atoms with Gasteiger partial charge in [0.05, 0.1) is 10.9 Å². The van der Waals surface area contributed by atoms with E-state index in [-0.39, 0.29) is 16.7 Å². The predicted molar refractivity (Wildman–Crippen MR) is 82.3 cm³/mol. The van der Waals surface area contributed by atoms with Crippen molar-refractivity contribution in [3.8, 4) is 0 Å². The third-order valence-electron chi connectivity index (χ3n) is 3.04. The zero-order valence-electron chi connectivity index (χ0n) is 12.1. The lowest BCUT2D eigenvalue weighted by molar-refractivity contribution is 0.0952. The average Bonchev–Trinajstić information content (AvgIpc) is 2.78. The first-order valence-electron chi connectivity index (χ1n) is 6.75. The van der Waals surface area contributed by atoms with Crippen molar-refractivity contribution in [1.29, 1.82) is 0 Å². The number of alkyl halides is 1. The zero-order chi connectivity index (χ0) is 14.8. The van der Waals surface area contributed by atoms with Crippen LogP contribution in [0.25, 0.3) is 11.0 Å². The van der Waals surface area contributed by atoms with Gasteiger partial charge in [-0.1, -0.05) is 39.0 Å². The lowest BCUT2D eigenvalue weighted by Gasteiger charge is -2.21. The molecule has 108 valence electrons. The van der Waals surface area contributed by atoms with Gasteiger partial charge in [-0.2, -0.15) is 0 Å². The van der Waals surface area contributed by atoms with Crippen molar-refractivity contribution in [3.05, 3.63) is 36.1 Å². The Morgan fingerprint density at radius 1 is 1.35 bits per heavy atom. The summed E-state index contributed by atoms with van der Waals surface area (Å²) in [7, 11) is 0. The molecule has 1 N–H and O–H groups in total. The van der Waals surface area contributed by atoms with E-state index in [1.165, 1.54) is 6.26 Å². The van der Waals surface area contributed by atoms with Gasteiger partial charge in [-0.05, 0) is 17.9 Å². The Balaban J connectivity index is 1.99. The number of amides is 1. The number of hydrogen-bond acceptors (Lipinski definition) is 2. The van der Waals surface area contributed by atoms with Crippen molar-refractivity contribution in [2.24, 2.45) is 5.41 Å². The van der Waals surface area contributed by atoms with Gasteiger partial charge in [0.25, 0.3) is 5.91 Å². The Labute approximate surface area is 124 Å². The van der Waals surface area contributed by atoms with E-state index in [1.54, 1.807) is 0 Å². The first kappa shape index (κ1) is 14.9. The molecule has 0 aliphatic heterocycles. The summed E-state index contributed by atoms with van der Waals surface area (Å²) in [5.41, 5.74) is 1.43. The fourth-order valence-electron chi connectivity index (χ4n) is 2.19. The van der Waals surface area contributed by atoms with Gasteiger partial charge in [0, 0.05) is 11.9 Å². The van der Waals surface area contributed by atoms with Crippen LogP contribution in [-0.2, 0) is 0 Å². The highest BCUT2D eigenvalue weighted by atomic mass is 35.5. The van der Waals surface area contributed by atoms with Gasteiger partial charge >= 0.3 is 0 Å². The van der Waals surface area contributed by atoms with Gasteiger partial charge in [-0.3, -0.25) is 4.79 Å². The van der Waals surface area contributed by atoms with Crippen LogP contribution in [0, 0.1) is 5.41 Å². The van der Waals surface area contributed by atoms with Gasteiger partial charge < -0.3 is 9.73 Å². The first-order valence-corrected chi connectivity index (χ1v) is 7.19. The summed E-state index contributed by atoms with van der Waals surface area (Å²) < 4.78 is 5.36. The lowest BCUT2D eigenvalue weighted by atomic mass is 9.90. The van der Waals surface area contributed by atoms with Crippen molar-refractivity contribution in [3.63, 3.8) is 0 Å². The number of para-hydroxylation sites is 1. The molecule has 0 fully saturated rings. The molecule has 2 rings (SSSR count). The maximum atomic E-state index is 12.2. The molecule has 1 atom stereocenters. The molecule has 0 radical (unpaired) electrons. The molecule has 1 amide bonds. The Hall–Kier alpha value is -1.48. The van der Waals surface area contributed by atoms with Crippen LogP contribution in [0.1, 0.15) is 37.6 Å². The van der Waals surface area contributed by atoms with E-state index in [1.807, 2.05) is 24.3 Å². The number of benzene rings is 1. The van der Waals surface area contributed by atoms with E-state index in [9.17, 15) is 4.79 Å². The first-order chi connectivity index (χ1) is 9.37. The van der Waals surface area contributed by atoms with E-state index in [0.717, 1.165) is 17.4 Å². The van der Waals surface area contributed by atoms with Crippen LogP contribution >= 0.6 is 11.6 Å². The van der Waals surface area contributed by atoms with Crippen LogP contribution in [0.3, 0.4) is 0 Å². The minimum atomic E-state index is -0.144. The third-order valence-corrected chi connectivity index (χ3v) is 3.35. The van der Waals surface area contributed by atoms with Crippen LogP contribution in [0.15, 0.2) is 34.9 Å². The smallest absolute Gasteiger partial charge is 0.255 e. The average molecular weight is 294 g/mol. The number of fused-ring (bicyclic) bond motifs is 1. The lowest BCUT2D eigenvalue weighted by Crippen LogP contribution is -2.31. The van der Waals surface area contributed by atoms with Gasteiger partial charge in [0.1, 0.15) is 11.8 Å². The second-order valence-electron chi connectivity index (χ2n) is 6.22. The van der Waals surface area contributed by atoms with E-state index < -0.39 is 0 Å². The standard InChI is InChI=1S/C16H20ClNO2/c1-16(2,3)8-11(17)9-18-15(19)13-10-20-14-7-5-4-6-12(13)14/h4-7,10-11H,8-9H2,1-3H3,(H,18,19). The van der Waals surface area contributed by atoms with Gasteiger partial charge in [-0.15, -0.1) is 11.6 Å². The van der Waals surface area contributed by atoms with Crippen molar-refractivity contribution in [1.82, 2.24) is 5.32 Å². The van der Waals surface area contributed by atoms with Crippen molar-refractivity contribution < 1.29 is 9.21 Å². The molecule has 3 nitrogen and oxygen atoms in total. The number of carbonyl (C=O) groups excluding carboxylic acids is 1. The van der Waals surface area contributed by atoms with Crippen molar-refractivity contribution >= 4 is 28.5 Å². The second-order valence-corrected chi connectivity index (χ2v) is 6.83. The van der Waals surface area contributed by atoms with E-state index >= 15 is 0 Å². The van der Waals surface area contributed by atoms with Crippen LogP contribution in [0.2, 0.25) is 0 Å². The van der Waals surface area contributed by atoms with E-state index in [4.69, 9.17) is 16.0 Å². The molecule has 20 heavy (non-hydrogen) atoms. The largest absolute Gasteiger partial charge is 0.463 e. The summed E-state index contributed by atoms with van der Waals surface area (Å²) in [5.74, 6) is -0.144. The fourth-order valence-corrected chi connectivity index (χ4v) is 2.73. The summed E-state index contributed by atoms with van der Waals surface area (Å²) in [6, 6.07) is 7.49. The Bertz CT molecular complexity index is 598. The topological polar surface area (TPSA) is 42.2 Å². The van der Waals surface area contributed by atoms with Gasteiger partial charge in [-0.25, -0.2) is 0 Å². The highest BCUT2D eigenvalue weighted by molar-refractivity contribution is 6.21. The molecule has 1 aromatic carbocycles. The van der Waals surface area contributed by atoms with E-state index in [2.05, 4.69) is 26.1 Å². The number of halogens is 1. The third kappa shape index (κ3) is 3.76. The van der Waals surface area contributed by atoms with Gasteiger partial charge in [0.15, 0.2) is 0 Å². The summed E-state index contributed by atoms with van der Waals surface area (Å²) in [5, 5.41) is 3.62. The summed E-state index contributed by atoms with van der Waals surface area (Å²) in [6.45, 7) is 6.85. The minimum Gasteiger partial charge on any atom is -0.463 e. The zero-order valence-corrected chi connectivity index (χ0v) is 12.8. The number of nitrogens with one attached hydrogen (secondary N) is 1. The molecule has 4 heteroatoms. The Morgan fingerprint density at radius 3 is 2.75 bits per heavy atom. The molecule has 1 aromatic heterocycles. The van der Waals surface area contributed by atoms with Crippen molar-refractivity contribution in [2.75, 3.05) is 6.54 Å². The highest BCUT2D eigenvalue weighted by Crippen LogP contribution is 2.24. The highest BCUT2D eigenvalue weighted by Gasteiger charge is 2.19. The number of carbonyl (C=O) groups is 1. The fraction of sp³-hybridized carbons (Fsp3) is 0.438. The molecular formula is C16H20ClNO2. The molecule has 2 aromatic rings. The number of rotatable bonds is 4. The quantitative estimate of drug-likeness (QED) is 0.858. The monoisotopic (exact) mass is 293 g/mol.